The third-order valence-corrected chi connectivity index (χ3v) is 4.15. The molecule has 0 bridgehead atoms. The molecule has 1 N–H and O–H groups in total. The molecule has 3 aromatic carbocycles. The molecule has 0 radical (unpaired) electrons. The quantitative estimate of drug-likeness (QED) is 0.272. The number of nitrogens with one attached hydrogen (secondary N) is 1. The molecule has 0 aliphatic carbocycles. The van der Waals surface area contributed by atoms with Crippen LogP contribution in [0.15, 0.2) is 84.9 Å². The van der Waals surface area contributed by atoms with Crippen molar-refractivity contribution in [1.29, 1.82) is 0 Å². The molecule has 0 atom stereocenters. The van der Waals surface area contributed by atoms with E-state index in [-0.39, 0.29) is 5.69 Å². The van der Waals surface area contributed by atoms with Gasteiger partial charge in [0, 0.05) is 29.5 Å². The maximum Gasteiger partial charge on any atom is 0.331 e. The number of non-ortho nitro benzene ring substituents is 1. The van der Waals surface area contributed by atoms with Gasteiger partial charge >= 0.3 is 5.97 Å². The van der Waals surface area contributed by atoms with E-state index in [4.69, 9.17) is 4.74 Å². The van der Waals surface area contributed by atoms with Crippen LogP contribution in [-0.4, -0.2) is 23.4 Å². The number of benzene rings is 3. The number of ether oxygens (including phenoxy) is 1. The fourth-order valence-electron chi connectivity index (χ4n) is 2.70. The number of esters is 1. The number of carbonyl (C=O) groups excluding carboxylic acids is 2. The van der Waals surface area contributed by atoms with E-state index in [9.17, 15) is 19.7 Å². The molecule has 0 aliphatic heterocycles. The summed E-state index contributed by atoms with van der Waals surface area (Å²) in [5.41, 5.74) is 2.99. The van der Waals surface area contributed by atoms with Crippen LogP contribution in [0.3, 0.4) is 0 Å². The number of hydrogen-bond donors (Lipinski definition) is 1. The standard InChI is InChI=1S/C23H18N2O5/c26-22(24-21-9-5-4-8-20(21)18-6-2-1-3-7-18)16-30-23(27)15-12-17-10-13-19(14-11-17)25(28)29/h1-15H,16H2,(H,24,26)/b15-12+. The Labute approximate surface area is 172 Å². The molecule has 0 fully saturated rings. The Balaban J connectivity index is 1.55. The van der Waals surface area contributed by atoms with Crippen LogP contribution in [0, 0.1) is 10.1 Å². The van der Waals surface area contributed by atoms with Crippen molar-refractivity contribution in [3.8, 4) is 11.1 Å². The van der Waals surface area contributed by atoms with Crippen LogP contribution in [0.5, 0.6) is 0 Å². The Bertz CT molecular complexity index is 1080. The maximum atomic E-state index is 12.2. The van der Waals surface area contributed by atoms with E-state index in [1.54, 1.807) is 12.1 Å². The summed E-state index contributed by atoms with van der Waals surface area (Å²) < 4.78 is 4.96. The Morgan fingerprint density at radius 1 is 0.933 bits per heavy atom. The Kier molecular flexibility index (Phi) is 6.68. The Morgan fingerprint density at radius 2 is 1.60 bits per heavy atom. The van der Waals surface area contributed by atoms with Crippen molar-refractivity contribution in [2.75, 3.05) is 11.9 Å². The summed E-state index contributed by atoms with van der Waals surface area (Å²) in [4.78, 5) is 34.2. The highest BCUT2D eigenvalue weighted by Gasteiger charge is 2.10. The highest BCUT2D eigenvalue weighted by atomic mass is 16.6. The van der Waals surface area contributed by atoms with Crippen molar-refractivity contribution >= 4 is 29.3 Å². The molecule has 0 heterocycles. The summed E-state index contributed by atoms with van der Waals surface area (Å²) in [5.74, 6) is -1.16. The molecule has 3 aromatic rings. The second-order valence-electron chi connectivity index (χ2n) is 6.25. The SMILES string of the molecule is O=C(COC(=O)/C=C/c1ccc([N+](=O)[O-])cc1)Nc1ccccc1-c1ccccc1. The molecule has 0 aromatic heterocycles. The van der Waals surface area contributed by atoms with Gasteiger partial charge in [0.2, 0.25) is 0 Å². The average Bonchev–Trinajstić information content (AvgIpc) is 2.77. The molecule has 7 nitrogen and oxygen atoms in total. The predicted molar refractivity (Wildman–Crippen MR) is 114 cm³/mol. The molecule has 150 valence electrons. The van der Waals surface area contributed by atoms with Crippen LogP contribution in [0.25, 0.3) is 17.2 Å². The number of nitro benzene ring substituents is 1. The van der Waals surface area contributed by atoms with Crippen LogP contribution in [0.4, 0.5) is 11.4 Å². The first-order chi connectivity index (χ1) is 14.5. The highest BCUT2D eigenvalue weighted by molar-refractivity contribution is 5.97. The second kappa shape index (κ2) is 9.79. The van der Waals surface area contributed by atoms with Crippen LogP contribution < -0.4 is 5.32 Å². The lowest BCUT2D eigenvalue weighted by Crippen LogP contribution is -2.20. The summed E-state index contributed by atoms with van der Waals surface area (Å²) in [6.07, 6.45) is 2.61. The lowest BCUT2D eigenvalue weighted by Gasteiger charge is -2.11. The molecule has 1 amide bonds. The molecular weight excluding hydrogens is 384 g/mol. The summed E-state index contributed by atoms with van der Waals surface area (Å²) >= 11 is 0. The van der Waals surface area contributed by atoms with Crippen molar-refractivity contribution < 1.29 is 19.2 Å². The van der Waals surface area contributed by atoms with E-state index < -0.39 is 23.4 Å². The molecule has 0 saturated carbocycles. The molecule has 3 rings (SSSR count). The summed E-state index contributed by atoms with van der Waals surface area (Å²) in [6, 6.07) is 22.6. The number of amides is 1. The first-order valence-corrected chi connectivity index (χ1v) is 9.06. The number of nitro groups is 1. The highest BCUT2D eigenvalue weighted by Crippen LogP contribution is 2.27. The summed E-state index contributed by atoms with van der Waals surface area (Å²) in [6.45, 7) is -0.438. The number of anilines is 1. The van der Waals surface area contributed by atoms with E-state index in [2.05, 4.69) is 5.32 Å². The molecule has 7 heteroatoms. The minimum absolute atomic E-state index is 0.0396. The zero-order chi connectivity index (χ0) is 21.3. The van der Waals surface area contributed by atoms with Crippen molar-refractivity contribution in [3.63, 3.8) is 0 Å². The van der Waals surface area contributed by atoms with Gasteiger partial charge in [-0.3, -0.25) is 14.9 Å². The Morgan fingerprint density at radius 3 is 2.30 bits per heavy atom. The van der Waals surface area contributed by atoms with Gasteiger partial charge in [-0.2, -0.15) is 0 Å². The van der Waals surface area contributed by atoms with Crippen molar-refractivity contribution in [1.82, 2.24) is 0 Å². The van der Waals surface area contributed by atoms with Crippen molar-refractivity contribution in [2.24, 2.45) is 0 Å². The van der Waals surface area contributed by atoms with Gasteiger partial charge in [-0.05, 0) is 35.4 Å². The number of para-hydroxylation sites is 1. The van der Waals surface area contributed by atoms with E-state index in [0.29, 0.717) is 11.3 Å². The first kappa shape index (κ1) is 20.5. The summed E-state index contributed by atoms with van der Waals surface area (Å²) in [5, 5.41) is 13.4. The van der Waals surface area contributed by atoms with E-state index in [1.807, 2.05) is 42.5 Å². The van der Waals surface area contributed by atoms with Gasteiger partial charge < -0.3 is 10.1 Å². The van der Waals surface area contributed by atoms with Gasteiger partial charge in [-0.25, -0.2) is 4.79 Å². The minimum atomic E-state index is -0.695. The average molecular weight is 402 g/mol. The predicted octanol–water partition coefficient (Wildman–Crippen LogP) is 4.46. The topological polar surface area (TPSA) is 98.5 Å². The fraction of sp³-hybridized carbons (Fsp3) is 0.0435. The van der Waals surface area contributed by atoms with Crippen LogP contribution in [0.1, 0.15) is 5.56 Å². The zero-order valence-corrected chi connectivity index (χ0v) is 15.9. The smallest absolute Gasteiger partial charge is 0.331 e. The van der Waals surface area contributed by atoms with Crippen LogP contribution >= 0.6 is 0 Å². The van der Waals surface area contributed by atoms with Gasteiger partial charge in [-0.15, -0.1) is 0 Å². The maximum absolute atomic E-state index is 12.2. The fourth-order valence-corrected chi connectivity index (χ4v) is 2.70. The number of carbonyl (C=O) groups is 2. The number of hydrogen-bond acceptors (Lipinski definition) is 5. The third-order valence-electron chi connectivity index (χ3n) is 4.15. The van der Waals surface area contributed by atoms with Gasteiger partial charge in [0.05, 0.1) is 4.92 Å². The lowest BCUT2D eigenvalue weighted by molar-refractivity contribution is -0.384. The zero-order valence-electron chi connectivity index (χ0n) is 15.9. The Hall–Kier alpha value is -4.26. The van der Waals surface area contributed by atoms with E-state index in [1.165, 1.54) is 30.3 Å². The monoisotopic (exact) mass is 402 g/mol. The summed E-state index contributed by atoms with van der Waals surface area (Å²) in [7, 11) is 0. The van der Waals surface area contributed by atoms with Gasteiger partial charge in [0.1, 0.15) is 0 Å². The number of nitrogens with zero attached hydrogens (tertiary/aromatic N) is 1. The first-order valence-electron chi connectivity index (χ1n) is 9.06. The van der Waals surface area contributed by atoms with Crippen molar-refractivity contribution in [2.45, 2.75) is 0 Å². The normalized spacial score (nSPS) is 10.5. The lowest BCUT2D eigenvalue weighted by atomic mass is 10.0. The molecule has 0 spiro atoms. The van der Waals surface area contributed by atoms with Gasteiger partial charge in [0.15, 0.2) is 6.61 Å². The van der Waals surface area contributed by atoms with Gasteiger partial charge in [-0.1, -0.05) is 48.5 Å². The number of rotatable bonds is 7. The second-order valence-corrected chi connectivity index (χ2v) is 6.25. The molecule has 30 heavy (non-hydrogen) atoms. The van der Waals surface area contributed by atoms with Crippen LogP contribution in [-0.2, 0) is 14.3 Å². The third kappa shape index (κ3) is 5.62. The molecular formula is C23H18N2O5. The van der Waals surface area contributed by atoms with E-state index in [0.717, 1.165) is 17.2 Å². The molecule has 0 aliphatic rings. The minimum Gasteiger partial charge on any atom is -0.452 e. The molecule has 0 unspecified atom stereocenters. The molecule has 0 saturated heterocycles. The van der Waals surface area contributed by atoms with Crippen molar-refractivity contribution in [3.05, 3.63) is 101 Å². The van der Waals surface area contributed by atoms with E-state index >= 15 is 0 Å². The van der Waals surface area contributed by atoms with Gasteiger partial charge in [0.25, 0.3) is 11.6 Å². The van der Waals surface area contributed by atoms with Crippen LogP contribution in [0.2, 0.25) is 0 Å². The largest absolute Gasteiger partial charge is 0.452 e.